The van der Waals surface area contributed by atoms with Crippen LogP contribution in [0.2, 0.25) is 0 Å². The highest BCUT2D eigenvalue weighted by Gasteiger charge is 2.34. The number of carbonyl (C=O) groups excluding carboxylic acids is 2. The zero-order chi connectivity index (χ0) is 25.4. The first kappa shape index (κ1) is 23.6. The zero-order valence-electron chi connectivity index (χ0n) is 20.7. The number of nitrogens with zero attached hydrogens (tertiary/aromatic N) is 2. The highest BCUT2D eigenvalue weighted by Crippen LogP contribution is 2.35. The number of esters is 1. The van der Waals surface area contributed by atoms with Crippen LogP contribution < -0.4 is 0 Å². The average Bonchev–Trinajstić information content (AvgIpc) is 3.57. The second-order valence-corrected chi connectivity index (χ2v) is 10.9. The Morgan fingerprint density at radius 3 is 2.62 bits per heavy atom. The van der Waals surface area contributed by atoms with E-state index in [1.807, 2.05) is 47.8 Å². The summed E-state index contributed by atoms with van der Waals surface area (Å²) in [5.41, 5.74) is 4.55. The number of ether oxygens (including phenoxy) is 1. The van der Waals surface area contributed by atoms with Gasteiger partial charge < -0.3 is 4.74 Å². The van der Waals surface area contributed by atoms with E-state index in [1.54, 1.807) is 11.3 Å². The van der Waals surface area contributed by atoms with Crippen molar-refractivity contribution in [3.05, 3.63) is 105 Å². The Hall–Kier alpha value is -3.77. The molecule has 1 aliphatic heterocycles. The maximum absolute atomic E-state index is 13.4. The van der Waals surface area contributed by atoms with Gasteiger partial charge in [-0.2, -0.15) is 5.10 Å². The molecule has 37 heavy (non-hydrogen) atoms. The van der Waals surface area contributed by atoms with Crippen molar-refractivity contribution < 1.29 is 14.3 Å². The van der Waals surface area contributed by atoms with Crippen molar-refractivity contribution in [1.29, 1.82) is 0 Å². The molecule has 0 saturated carbocycles. The van der Waals surface area contributed by atoms with Crippen LogP contribution in [-0.4, -0.2) is 29.2 Å². The van der Waals surface area contributed by atoms with Gasteiger partial charge in [0.2, 0.25) is 0 Å². The van der Waals surface area contributed by atoms with Gasteiger partial charge in [-0.1, -0.05) is 73.7 Å². The number of hydrazone groups is 1. The molecule has 0 spiro atoms. The molecule has 2 aliphatic rings. The van der Waals surface area contributed by atoms with Crippen molar-refractivity contribution >= 4 is 39.7 Å². The van der Waals surface area contributed by atoms with Crippen LogP contribution in [0.25, 0.3) is 10.8 Å². The van der Waals surface area contributed by atoms with E-state index < -0.39 is 5.97 Å². The molecule has 0 N–H and O–H groups in total. The number of fused-ring (bicyclic) bond motifs is 2. The molecule has 2 unspecified atom stereocenters. The first-order chi connectivity index (χ1) is 18.1. The molecule has 0 bridgehead atoms. The molecule has 6 heteroatoms. The van der Waals surface area contributed by atoms with E-state index >= 15 is 0 Å². The Bertz CT molecular complexity index is 1510. The summed E-state index contributed by atoms with van der Waals surface area (Å²) in [6.45, 7) is 1.91. The van der Waals surface area contributed by atoms with Crippen molar-refractivity contribution in [2.45, 2.75) is 38.6 Å². The lowest BCUT2D eigenvalue weighted by atomic mass is 9.88. The minimum absolute atomic E-state index is 0.246. The van der Waals surface area contributed by atoms with Crippen LogP contribution in [0.4, 0.5) is 0 Å². The Balaban J connectivity index is 1.23. The summed E-state index contributed by atoms with van der Waals surface area (Å²) in [5, 5.41) is 10.4. The van der Waals surface area contributed by atoms with Crippen LogP contribution in [0, 0.1) is 5.92 Å². The third kappa shape index (κ3) is 4.69. The van der Waals surface area contributed by atoms with E-state index in [0.29, 0.717) is 17.9 Å². The number of amides is 1. The number of carbonyl (C=O) groups is 2. The highest BCUT2D eigenvalue weighted by molar-refractivity contribution is 7.10. The number of benzene rings is 3. The molecule has 5 nitrogen and oxygen atoms in total. The topological polar surface area (TPSA) is 59.0 Å². The Morgan fingerprint density at radius 1 is 1.00 bits per heavy atom. The molecule has 3 aromatic carbocycles. The lowest BCUT2D eigenvalue weighted by Crippen LogP contribution is -2.31. The predicted molar refractivity (Wildman–Crippen MR) is 147 cm³/mol. The normalized spacial score (nSPS) is 18.9. The summed E-state index contributed by atoms with van der Waals surface area (Å²) in [6.07, 6.45) is 3.56. The molecule has 4 aromatic rings. The fraction of sp³-hybridized carbons (Fsp3) is 0.258. The largest absolute Gasteiger partial charge is 0.452 e. The van der Waals surface area contributed by atoms with Gasteiger partial charge in [0, 0.05) is 16.7 Å². The molecule has 1 aromatic heterocycles. The summed E-state index contributed by atoms with van der Waals surface area (Å²) in [5.74, 6) is -0.110. The van der Waals surface area contributed by atoms with E-state index in [4.69, 9.17) is 9.84 Å². The number of hydrogen-bond acceptors (Lipinski definition) is 5. The minimum atomic E-state index is -0.422. The SMILES string of the molecule is CC1CCc2c(C(=O)OCC(=O)N3N=C(c4ccc5ccccc5c4)CC3c3ccccc3)csc2C1. The first-order valence-electron chi connectivity index (χ1n) is 12.8. The summed E-state index contributed by atoms with van der Waals surface area (Å²) < 4.78 is 5.54. The molecule has 0 saturated heterocycles. The first-order valence-corrected chi connectivity index (χ1v) is 13.6. The lowest BCUT2D eigenvalue weighted by Gasteiger charge is -2.22. The third-order valence-corrected chi connectivity index (χ3v) is 8.43. The van der Waals surface area contributed by atoms with E-state index in [1.165, 1.54) is 9.89 Å². The van der Waals surface area contributed by atoms with Crippen LogP contribution in [0.3, 0.4) is 0 Å². The van der Waals surface area contributed by atoms with Crippen LogP contribution in [0.1, 0.15) is 57.7 Å². The summed E-state index contributed by atoms with van der Waals surface area (Å²) >= 11 is 1.62. The van der Waals surface area contributed by atoms with Gasteiger partial charge in [-0.05, 0) is 58.7 Å². The van der Waals surface area contributed by atoms with E-state index in [-0.39, 0.29) is 18.6 Å². The monoisotopic (exact) mass is 508 g/mol. The Kier molecular flexibility index (Phi) is 6.35. The molecule has 0 radical (unpaired) electrons. The van der Waals surface area contributed by atoms with Crippen molar-refractivity contribution in [1.82, 2.24) is 5.01 Å². The zero-order valence-corrected chi connectivity index (χ0v) is 21.5. The number of rotatable bonds is 5. The average molecular weight is 509 g/mol. The Labute approximate surface area is 220 Å². The minimum Gasteiger partial charge on any atom is -0.452 e. The van der Waals surface area contributed by atoms with Crippen LogP contribution in [0.5, 0.6) is 0 Å². The smallest absolute Gasteiger partial charge is 0.339 e. The van der Waals surface area contributed by atoms with E-state index in [9.17, 15) is 9.59 Å². The fourth-order valence-electron chi connectivity index (χ4n) is 5.34. The second-order valence-electron chi connectivity index (χ2n) is 9.95. The summed E-state index contributed by atoms with van der Waals surface area (Å²) in [4.78, 5) is 27.6. The molecule has 0 fully saturated rings. The highest BCUT2D eigenvalue weighted by atomic mass is 32.1. The molecule has 6 rings (SSSR count). The number of hydrogen-bond donors (Lipinski definition) is 0. The van der Waals surface area contributed by atoms with Crippen LogP contribution in [0.15, 0.2) is 83.3 Å². The van der Waals surface area contributed by atoms with E-state index in [0.717, 1.165) is 52.4 Å². The van der Waals surface area contributed by atoms with Crippen molar-refractivity contribution in [2.75, 3.05) is 6.61 Å². The molecule has 1 aliphatic carbocycles. The van der Waals surface area contributed by atoms with Gasteiger partial charge in [0.15, 0.2) is 6.61 Å². The van der Waals surface area contributed by atoms with Gasteiger partial charge >= 0.3 is 5.97 Å². The van der Waals surface area contributed by atoms with Gasteiger partial charge in [-0.3, -0.25) is 4.79 Å². The van der Waals surface area contributed by atoms with Crippen molar-refractivity contribution in [3.8, 4) is 0 Å². The summed E-state index contributed by atoms with van der Waals surface area (Å²) in [6, 6.07) is 24.1. The fourth-order valence-corrected chi connectivity index (χ4v) is 6.57. The molecule has 2 heterocycles. The van der Waals surface area contributed by atoms with Gasteiger partial charge in [-0.25, -0.2) is 9.80 Å². The van der Waals surface area contributed by atoms with Gasteiger partial charge in [0.05, 0.1) is 17.3 Å². The maximum atomic E-state index is 13.4. The second kappa shape index (κ2) is 9.94. The summed E-state index contributed by atoms with van der Waals surface area (Å²) in [7, 11) is 0. The molecular weight excluding hydrogens is 480 g/mol. The van der Waals surface area contributed by atoms with Crippen LogP contribution >= 0.6 is 11.3 Å². The Morgan fingerprint density at radius 2 is 1.78 bits per heavy atom. The third-order valence-electron chi connectivity index (χ3n) is 7.38. The standard InChI is InChI=1S/C31H28N2O3S/c1-20-11-14-25-26(19-37-29(25)15-20)31(35)36-18-30(34)33-28(22-8-3-2-4-9-22)17-27(32-33)24-13-12-21-7-5-6-10-23(21)16-24/h2-10,12-13,16,19-20,28H,11,14-15,17-18H2,1H3. The number of thiophene rings is 1. The molecular formula is C31H28N2O3S. The quantitative estimate of drug-likeness (QED) is 0.287. The predicted octanol–water partition coefficient (Wildman–Crippen LogP) is 6.56. The van der Waals surface area contributed by atoms with Gasteiger partial charge in [0.25, 0.3) is 5.91 Å². The van der Waals surface area contributed by atoms with Crippen LogP contribution in [-0.2, 0) is 22.4 Å². The molecule has 1 amide bonds. The maximum Gasteiger partial charge on any atom is 0.339 e. The van der Waals surface area contributed by atoms with Crippen molar-refractivity contribution in [2.24, 2.45) is 11.0 Å². The van der Waals surface area contributed by atoms with E-state index in [2.05, 4.69) is 37.3 Å². The lowest BCUT2D eigenvalue weighted by molar-refractivity contribution is -0.136. The van der Waals surface area contributed by atoms with Crippen molar-refractivity contribution in [3.63, 3.8) is 0 Å². The molecule has 2 atom stereocenters. The van der Waals surface area contributed by atoms with Gasteiger partial charge in [0.1, 0.15) is 0 Å². The van der Waals surface area contributed by atoms with Gasteiger partial charge in [-0.15, -0.1) is 11.3 Å². The molecule has 186 valence electrons.